The molecule has 1 heterocycles. The minimum Gasteiger partial charge on any atom is -0.340 e. The van der Waals surface area contributed by atoms with Gasteiger partial charge in [0.1, 0.15) is 0 Å². The molecule has 100 valence electrons. The summed E-state index contributed by atoms with van der Waals surface area (Å²) in [6.45, 7) is 5.34. The number of amides is 1. The van der Waals surface area contributed by atoms with Crippen LogP contribution in [0, 0.1) is 11.8 Å². The van der Waals surface area contributed by atoms with Crippen molar-refractivity contribution in [3.05, 3.63) is 0 Å². The highest BCUT2D eigenvalue weighted by Crippen LogP contribution is 2.29. The van der Waals surface area contributed by atoms with Gasteiger partial charge in [-0.1, -0.05) is 13.3 Å². The average Bonchev–Trinajstić information content (AvgIpc) is 2.74. The lowest BCUT2D eigenvalue weighted by Crippen LogP contribution is -2.37. The van der Waals surface area contributed by atoms with E-state index in [2.05, 4.69) is 18.7 Å². The molecule has 0 aromatic carbocycles. The Kier molecular flexibility index (Phi) is 5.26. The molecule has 1 aliphatic carbocycles. The standard InChI is InChI=1S/C13H24N2O.ClH/c1-9-6-10(2)15(8-9)13(16)7-11-4-3-5-12(11)14;/h9-12H,3-8,14H2,1-2H3;1H/t9?,10?,11-,12+;/m0./s1. The number of halogens is 1. The van der Waals surface area contributed by atoms with E-state index in [1.54, 1.807) is 0 Å². The van der Waals surface area contributed by atoms with Crippen LogP contribution in [-0.4, -0.2) is 29.4 Å². The van der Waals surface area contributed by atoms with Crippen molar-refractivity contribution >= 4 is 18.3 Å². The van der Waals surface area contributed by atoms with Gasteiger partial charge in [-0.15, -0.1) is 12.4 Å². The monoisotopic (exact) mass is 260 g/mol. The molecular weight excluding hydrogens is 236 g/mol. The maximum Gasteiger partial charge on any atom is 0.223 e. The van der Waals surface area contributed by atoms with Crippen molar-refractivity contribution in [1.29, 1.82) is 0 Å². The largest absolute Gasteiger partial charge is 0.340 e. The van der Waals surface area contributed by atoms with Crippen molar-refractivity contribution in [2.24, 2.45) is 17.6 Å². The van der Waals surface area contributed by atoms with Crippen LogP contribution in [-0.2, 0) is 4.79 Å². The molecule has 0 bridgehead atoms. The summed E-state index contributed by atoms with van der Waals surface area (Å²) in [6, 6.07) is 0.694. The molecule has 17 heavy (non-hydrogen) atoms. The molecule has 4 heteroatoms. The maximum absolute atomic E-state index is 12.2. The highest BCUT2D eigenvalue weighted by atomic mass is 35.5. The topological polar surface area (TPSA) is 46.3 Å². The van der Waals surface area contributed by atoms with Gasteiger partial charge >= 0.3 is 0 Å². The van der Waals surface area contributed by atoms with Crippen LogP contribution >= 0.6 is 12.4 Å². The summed E-state index contributed by atoms with van der Waals surface area (Å²) < 4.78 is 0. The molecule has 2 unspecified atom stereocenters. The number of carbonyl (C=O) groups excluding carboxylic acids is 1. The Labute approximate surface area is 111 Å². The predicted octanol–water partition coefficient (Wildman–Crippen LogP) is 2.18. The normalized spacial score (nSPS) is 37.0. The third kappa shape index (κ3) is 3.35. The summed E-state index contributed by atoms with van der Waals surface area (Å²) in [5.41, 5.74) is 6.02. The van der Waals surface area contributed by atoms with E-state index in [0.29, 0.717) is 30.2 Å². The Morgan fingerprint density at radius 1 is 1.35 bits per heavy atom. The van der Waals surface area contributed by atoms with Gasteiger partial charge in [0.05, 0.1) is 0 Å². The second-order valence-corrected chi connectivity index (χ2v) is 5.79. The number of hydrogen-bond donors (Lipinski definition) is 1. The molecule has 1 aliphatic heterocycles. The number of rotatable bonds is 2. The second-order valence-electron chi connectivity index (χ2n) is 5.79. The van der Waals surface area contributed by atoms with Crippen molar-refractivity contribution < 1.29 is 4.79 Å². The van der Waals surface area contributed by atoms with Crippen LogP contribution in [0.3, 0.4) is 0 Å². The van der Waals surface area contributed by atoms with E-state index < -0.39 is 0 Å². The Balaban J connectivity index is 0.00000144. The predicted molar refractivity (Wildman–Crippen MR) is 72.1 cm³/mol. The third-order valence-electron chi connectivity index (χ3n) is 4.26. The summed E-state index contributed by atoms with van der Waals surface area (Å²) >= 11 is 0. The molecule has 0 spiro atoms. The Hall–Kier alpha value is -0.280. The Morgan fingerprint density at radius 2 is 2.06 bits per heavy atom. The van der Waals surface area contributed by atoms with Gasteiger partial charge in [0.15, 0.2) is 0 Å². The van der Waals surface area contributed by atoms with Crippen molar-refractivity contribution in [1.82, 2.24) is 4.90 Å². The molecule has 2 aliphatic rings. The van der Waals surface area contributed by atoms with Crippen LogP contribution < -0.4 is 5.73 Å². The number of carbonyl (C=O) groups is 1. The first-order chi connectivity index (χ1) is 7.58. The van der Waals surface area contributed by atoms with Crippen LogP contribution in [0.4, 0.5) is 0 Å². The van der Waals surface area contributed by atoms with E-state index in [4.69, 9.17) is 5.73 Å². The highest BCUT2D eigenvalue weighted by Gasteiger charge is 2.33. The van der Waals surface area contributed by atoms with E-state index >= 15 is 0 Å². The summed E-state index contributed by atoms with van der Waals surface area (Å²) in [7, 11) is 0. The molecule has 1 saturated carbocycles. The molecule has 2 N–H and O–H groups in total. The molecule has 2 rings (SSSR count). The van der Waals surface area contributed by atoms with E-state index in [9.17, 15) is 4.79 Å². The van der Waals surface area contributed by atoms with E-state index in [1.807, 2.05) is 0 Å². The SMILES string of the molecule is CC1CC(C)N(C(=O)C[C@@H]2CCC[C@H]2N)C1.Cl. The van der Waals surface area contributed by atoms with Gasteiger partial charge in [-0.3, -0.25) is 4.79 Å². The first kappa shape index (κ1) is 14.8. The van der Waals surface area contributed by atoms with E-state index in [-0.39, 0.29) is 18.4 Å². The maximum atomic E-state index is 12.2. The van der Waals surface area contributed by atoms with Crippen LogP contribution in [0.1, 0.15) is 46.0 Å². The first-order valence-corrected chi connectivity index (χ1v) is 6.63. The molecule has 2 fully saturated rings. The highest BCUT2D eigenvalue weighted by molar-refractivity contribution is 5.85. The van der Waals surface area contributed by atoms with Crippen molar-refractivity contribution in [2.75, 3.05) is 6.54 Å². The summed E-state index contributed by atoms with van der Waals surface area (Å²) in [5, 5.41) is 0. The van der Waals surface area contributed by atoms with Gasteiger partial charge < -0.3 is 10.6 Å². The van der Waals surface area contributed by atoms with Gasteiger partial charge in [-0.05, 0) is 38.0 Å². The number of nitrogens with two attached hydrogens (primary N) is 1. The van der Waals surface area contributed by atoms with Crippen molar-refractivity contribution in [3.8, 4) is 0 Å². The Morgan fingerprint density at radius 3 is 2.53 bits per heavy atom. The molecule has 3 nitrogen and oxygen atoms in total. The zero-order valence-corrected chi connectivity index (χ0v) is 11.7. The molecule has 4 atom stereocenters. The molecule has 1 saturated heterocycles. The van der Waals surface area contributed by atoms with E-state index in [1.165, 1.54) is 6.42 Å². The zero-order chi connectivity index (χ0) is 11.7. The van der Waals surface area contributed by atoms with Gasteiger partial charge in [0.25, 0.3) is 0 Å². The van der Waals surface area contributed by atoms with Crippen LogP contribution in [0.2, 0.25) is 0 Å². The minimum atomic E-state index is 0. The minimum absolute atomic E-state index is 0. The lowest BCUT2D eigenvalue weighted by molar-refractivity contribution is -0.132. The average molecular weight is 261 g/mol. The first-order valence-electron chi connectivity index (χ1n) is 6.63. The summed E-state index contributed by atoms with van der Waals surface area (Å²) in [6.07, 6.45) is 5.28. The van der Waals surface area contributed by atoms with Gasteiger partial charge in [-0.25, -0.2) is 0 Å². The summed E-state index contributed by atoms with van der Waals surface area (Å²) in [4.78, 5) is 14.2. The van der Waals surface area contributed by atoms with Gasteiger partial charge in [0, 0.05) is 25.0 Å². The van der Waals surface area contributed by atoms with Crippen LogP contribution in [0.15, 0.2) is 0 Å². The second kappa shape index (κ2) is 6.05. The van der Waals surface area contributed by atoms with E-state index in [0.717, 1.165) is 25.8 Å². The van der Waals surface area contributed by atoms with Crippen LogP contribution in [0.25, 0.3) is 0 Å². The number of hydrogen-bond acceptors (Lipinski definition) is 2. The zero-order valence-electron chi connectivity index (χ0n) is 10.9. The molecule has 0 radical (unpaired) electrons. The molecule has 0 aromatic heterocycles. The smallest absolute Gasteiger partial charge is 0.223 e. The fourth-order valence-electron chi connectivity index (χ4n) is 3.31. The van der Waals surface area contributed by atoms with Gasteiger partial charge in [-0.2, -0.15) is 0 Å². The molecular formula is C13H25ClN2O. The van der Waals surface area contributed by atoms with Crippen LogP contribution in [0.5, 0.6) is 0 Å². The fourth-order valence-corrected chi connectivity index (χ4v) is 3.31. The van der Waals surface area contributed by atoms with Crippen molar-refractivity contribution in [3.63, 3.8) is 0 Å². The fraction of sp³-hybridized carbons (Fsp3) is 0.923. The van der Waals surface area contributed by atoms with Crippen molar-refractivity contribution in [2.45, 2.75) is 58.0 Å². The Bertz CT molecular complexity index is 272. The number of likely N-dealkylation sites (tertiary alicyclic amines) is 1. The lowest BCUT2D eigenvalue weighted by Gasteiger charge is -2.24. The quantitative estimate of drug-likeness (QED) is 0.827. The van der Waals surface area contributed by atoms with Gasteiger partial charge in [0.2, 0.25) is 5.91 Å². The molecule has 0 aromatic rings. The third-order valence-corrected chi connectivity index (χ3v) is 4.26. The molecule has 1 amide bonds. The number of nitrogens with zero attached hydrogens (tertiary/aromatic N) is 1. The summed E-state index contributed by atoms with van der Waals surface area (Å²) in [5.74, 6) is 1.44. The lowest BCUT2D eigenvalue weighted by atomic mass is 9.99.